The highest BCUT2D eigenvalue weighted by Gasteiger charge is 2.46. The Kier molecular flexibility index (Phi) is 4.34. The van der Waals surface area contributed by atoms with Gasteiger partial charge in [0.05, 0.1) is 17.0 Å². The zero-order valence-corrected chi connectivity index (χ0v) is 17.2. The minimum absolute atomic E-state index is 0.00105. The number of aromatic nitrogens is 2. The normalized spacial score (nSPS) is 21.9. The van der Waals surface area contributed by atoms with Gasteiger partial charge >= 0.3 is 11.7 Å². The first-order valence-corrected chi connectivity index (χ1v) is 9.67. The van der Waals surface area contributed by atoms with Gasteiger partial charge in [-0.05, 0) is 23.1 Å². The smallest absolute Gasteiger partial charge is 0.335 e. The molecule has 2 aliphatic rings. The number of hydrogen-bond acceptors (Lipinski definition) is 5. The number of aromatic carboxylic acids is 1. The monoisotopic (exact) mass is 409 g/mol. The minimum Gasteiger partial charge on any atom is -0.478 e. The van der Waals surface area contributed by atoms with Gasteiger partial charge in [-0.15, -0.1) is 0 Å². The number of carbonyl (C=O) groups excluding carboxylic acids is 1. The molecule has 1 aromatic heterocycles. The third kappa shape index (κ3) is 2.91. The van der Waals surface area contributed by atoms with Gasteiger partial charge in [-0.2, -0.15) is 0 Å². The molecule has 2 aromatic rings. The summed E-state index contributed by atoms with van der Waals surface area (Å²) in [5.74, 6) is -1.92. The van der Waals surface area contributed by atoms with Gasteiger partial charge in [-0.3, -0.25) is 18.7 Å². The summed E-state index contributed by atoms with van der Waals surface area (Å²) in [6.45, 7) is 3.93. The number of rotatable bonds is 2. The number of Topliss-reactive ketones (excluding diaryl/α,β-unsaturated/α-hetero) is 1. The predicted molar refractivity (Wildman–Crippen MR) is 111 cm³/mol. The Morgan fingerprint density at radius 2 is 1.70 bits per heavy atom. The second-order valence-corrected chi connectivity index (χ2v) is 8.71. The van der Waals surface area contributed by atoms with Crippen LogP contribution in [0, 0.1) is 11.3 Å². The third-order valence-electron chi connectivity index (χ3n) is 5.98. The fraction of sp³-hybridized carbons (Fsp3) is 0.364. The number of nitrogens with one attached hydrogen (secondary N) is 1. The van der Waals surface area contributed by atoms with Gasteiger partial charge < -0.3 is 10.4 Å². The van der Waals surface area contributed by atoms with E-state index in [0.717, 1.165) is 4.57 Å². The Morgan fingerprint density at radius 3 is 2.30 bits per heavy atom. The van der Waals surface area contributed by atoms with Crippen molar-refractivity contribution >= 4 is 17.6 Å². The lowest BCUT2D eigenvalue weighted by Gasteiger charge is -2.41. The van der Waals surface area contributed by atoms with E-state index in [9.17, 15) is 24.3 Å². The van der Waals surface area contributed by atoms with Crippen LogP contribution in [0.4, 0.5) is 5.82 Å². The Morgan fingerprint density at radius 1 is 1.07 bits per heavy atom. The van der Waals surface area contributed by atoms with Crippen LogP contribution in [0.1, 0.15) is 47.7 Å². The number of fused-ring (bicyclic) bond motifs is 2. The Bertz CT molecular complexity index is 1230. The summed E-state index contributed by atoms with van der Waals surface area (Å²) in [4.78, 5) is 50.1. The van der Waals surface area contributed by atoms with Crippen molar-refractivity contribution in [2.75, 3.05) is 5.32 Å². The van der Waals surface area contributed by atoms with Crippen LogP contribution in [0.2, 0.25) is 0 Å². The largest absolute Gasteiger partial charge is 0.478 e. The quantitative estimate of drug-likeness (QED) is 0.783. The average molecular weight is 409 g/mol. The number of ketones is 1. The zero-order valence-electron chi connectivity index (χ0n) is 17.2. The van der Waals surface area contributed by atoms with Gasteiger partial charge in [0.25, 0.3) is 5.56 Å². The Balaban J connectivity index is 2.04. The lowest BCUT2D eigenvalue weighted by atomic mass is 9.67. The molecule has 1 aromatic carbocycles. The van der Waals surface area contributed by atoms with E-state index in [4.69, 9.17) is 0 Å². The molecule has 4 rings (SSSR count). The van der Waals surface area contributed by atoms with Crippen molar-refractivity contribution in [3.05, 3.63) is 73.6 Å². The molecule has 2 atom stereocenters. The zero-order chi connectivity index (χ0) is 22.0. The van der Waals surface area contributed by atoms with E-state index < -0.39 is 29.1 Å². The number of nitrogens with zero attached hydrogens (tertiary/aromatic N) is 2. The van der Waals surface area contributed by atoms with Crippen LogP contribution in [0.5, 0.6) is 0 Å². The topological polar surface area (TPSA) is 110 Å². The number of carboxylic acid groups (broad SMARTS) is 1. The maximum absolute atomic E-state index is 13.2. The molecule has 0 saturated heterocycles. The lowest BCUT2D eigenvalue weighted by molar-refractivity contribution is -0.124. The molecule has 8 heteroatoms. The van der Waals surface area contributed by atoms with Crippen LogP contribution in [-0.2, 0) is 18.9 Å². The van der Waals surface area contributed by atoms with Crippen molar-refractivity contribution in [1.29, 1.82) is 0 Å². The van der Waals surface area contributed by atoms with E-state index in [1.165, 1.54) is 23.7 Å². The van der Waals surface area contributed by atoms with E-state index in [0.29, 0.717) is 29.1 Å². The van der Waals surface area contributed by atoms with Crippen LogP contribution in [0.25, 0.3) is 0 Å². The molecule has 2 N–H and O–H groups in total. The summed E-state index contributed by atoms with van der Waals surface area (Å²) >= 11 is 0. The fourth-order valence-corrected chi connectivity index (χ4v) is 4.57. The molecule has 156 valence electrons. The van der Waals surface area contributed by atoms with Crippen LogP contribution >= 0.6 is 0 Å². The summed E-state index contributed by atoms with van der Waals surface area (Å²) in [7, 11) is 2.99. The van der Waals surface area contributed by atoms with E-state index in [2.05, 4.69) is 5.32 Å². The molecule has 1 aliphatic heterocycles. The van der Waals surface area contributed by atoms with E-state index in [1.54, 1.807) is 19.2 Å². The van der Waals surface area contributed by atoms with E-state index >= 15 is 0 Å². The molecule has 0 fully saturated rings. The van der Waals surface area contributed by atoms with Gasteiger partial charge in [-0.25, -0.2) is 9.59 Å². The molecule has 0 bridgehead atoms. The average Bonchev–Trinajstić information content (AvgIpc) is 2.68. The first kappa shape index (κ1) is 19.9. The van der Waals surface area contributed by atoms with Crippen molar-refractivity contribution in [2.45, 2.75) is 26.2 Å². The van der Waals surface area contributed by atoms with Crippen LogP contribution in [-0.4, -0.2) is 26.0 Å². The molecular formula is C22H23N3O5. The first-order chi connectivity index (χ1) is 14.0. The first-order valence-electron chi connectivity index (χ1n) is 9.67. The fourth-order valence-electron chi connectivity index (χ4n) is 4.57. The molecule has 30 heavy (non-hydrogen) atoms. The molecule has 0 saturated carbocycles. The maximum atomic E-state index is 13.2. The molecule has 0 spiro atoms. The molecule has 8 nitrogen and oxygen atoms in total. The molecule has 2 heterocycles. The molecule has 0 unspecified atom stereocenters. The van der Waals surface area contributed by atoms with Crippen LogP contribution in [0.3, 0.4) is 0 Å². The third-order valence-corrected chi connectivity index (χ3v) is 5.98. The number of anilines is 1. The highest BCUT2D eigenvalue weighted by atomic mass is 16.4. The highest BCUT2D eigenvalue weighted by molar-refractivity contribution is 5.90. The molecular weight excluding hydrogens is 386 g/mol. The van der Waals surface area contributed by atoms with Crippen LogP contribution in [0.15, 0.2) is 45.6 Å². The maximum Gasteiger partial charge on any atom is 0.335 e. The molecule has 0 radical (unpaired) electrons. The highest BCUT2D eigenvalue weighted by Crippen LogP contribution is 2.47. The minimum atomic E-state index is -1.05. The number of carbonyl (C=O) groups is 2. The summed E-state index contributed by atoms with van der Waals surface area (Å²) in [6, 6.07) is 6.20. The Hall–Kier alpha value is -3.42. The summed E-state index contributed by atoms with van der Waals surface area (Å²) in [5.41, 5.74) is 0.480. The van der Waals surface area contributed by atoms with Gasteiger partial charge in [0.15, 0.2) is 0 Å². The van der Waals surface area contributed by atoms with Crippen LogP contribution < -0.4 is 16.6 Å². The van der Waals surface area contributed by atoms with Crippen molar-refractivity contribution in [2.24, 2.45) is 25.4 Å². The Labute approximate surface area is 172 Å². The van der Waals surface area contributed by atoms with Crippen molar-refractivity contribution in [3.63, 3.8) is 0 Å². The predicted octanol–water partition coefficient (Wildman–Crippen LogP) is 1.84. The summed E-state index contributed by atoms with van der Waals surface area (Å²) < 4.78 is 2.41. The standard InChI is InChI=1S/C22H23N3O5/c1-22(2)9-13-16(14(26)10-22)15(11-5-7-12(8-6-11)20(28)29)17-18(23-13)24(3)21(30)25(4)19(17)27/h5-9,15-16,23H,10H2,1-4H3,(H,28,29)/t15-,16-/m1/s1. The van der Waals surface area contributed by atoms with Gasteiger partial charge in [0.2, 0.25) is 0 Å². The number of benzene rings is 1. The summed E-state index contributed by atoms with van der Waals surface area (Å²) in [5, 5.41) is 12.4. The second-order valence-electron chi connectivity index (χ2n) is 8.71. The lowest BCUT2D eigenvalue weighted by Crippen LogP contribution is -2.47. The number of allylic oxidation sites excluding steroid dienone is 2. The second kappa shape index (κ2) is 6.55. The van der Waals surface area contributed by atoms with Gasteiger partial charge in [-0.1, -0.05) is 32.1 Å². The van der Waals surface area contributed by atoms with E-state index in [-0.39, 0.29) is 16.8 Å². The van der Waals surface area contributed by atoms with Crippen molar-refractivity contribution in [3.8, 4) is 0 Å². The number of hydrogen-bond donors (Lipinski definition) is 2. The molecule has 1 aliphatic carbocycles. The molecule has 0 amide bonds. The van der Waals surface area contributed by atoms with Gasteiger partial charge in [0.1, 0.15) is 11.6 Å². The van der Waals surface area contributed by atoms with Crippen molar-refractivity contribution < 1.29 is 14.7 Å². The SMILES string of the molecule is Cn1c2c(c(=O)n(C)c1=O)[C@H](c1ccc(C(=O)O)cc1)[C@H]1C(=O)CC(C)(C)C=C1N2. The van der Waals surface area contributed by atoms with Crippen molar-refractivity contribution in [1.82, 2.24) is 9.13 Å². The van der Waals surface area contributed by atoms with Gasteiger partial charge in [0, 0.05) is 32.1 Å². The van der Waals surface area contributed by atoms with E-state index in [1.807, 2.05) is 19.9 Å². The summed E-state index contributed by atoms with van der Waals surface area (Å²) in [6.07, 6.45) is 2.32. The number of carboxylic acids is 1.